The maximum absolute atomic E-state index is 13.3. The summed E-state index contributed by atoms with van der Waals surface area (Å²) in [6.07, 6.45) is 6.81. The van der Waals surface area contributed by atoms with Crippen LogP contribution in [0.3, 0.4) is 0 Å². The van der Waals surface area contributed by atoms with Crippen molar-refractivity contribution in [3.05, 3.63) is 75.9 Å². The Bertz CT molecular complexity index is 1070. The molecule has 0 amide bonds. The molecule has 1 fully saturated rings. The molecule has 7 nitrogen and oxygen atoms in total. The van der Waals surface area contributed by atoms with Gasteiger partial charge in [0.15, 0.2) is 0 Å². The second-order valence-electron chi connectivity index (χ2n) is 8.97. The molecule has 5 rings (SSSR count). The highest BCUT2D eigenvalue weighted by Gasteiger charge is 2.35. The zero-order valence-corrected chi connectivity index (χ0v) is 17.7. The van der Waals surface area contributed by atoms with Crippen LogP contribution in [0.1, 0.15) is 34.9 Å². The summed E-state index contributed by atoms with van der Waals surface area (Å²) >= 11 is 0. The van der Waals surface area contributed by atoms with Crippen LogP contribution < -0.4 is 5.56 Å². The number of rotatable bonds is 6. The minimum Gasteiger partial charge on any atom is -0.468 e. The van der Waals surface area contributed by atoms with Gasteiger partial charge in [-0.25, -0.2) is 0 Å². The highest BCUT2D eigenvalue weighted by Crippen LogP contribution is 2.35. The first-order valence-corrected chi connectivity index (χ1v) is 10.7. The van der Waals surface area contributed by atoms with Crippen molar-refractivity contribution in [2.24, 2.45) is 13.0 Å². The van der Waals surface area contributed by atoms with Crippen molar-refractivity contribution in [1.29, 1.82) is 0 Å². The molecule has 0 N–H and O–H groups in total. The summed E-state index contributed by atoms with van der Waals surface area (Å²) in [7, 11) is 3.98. The molecule has 0 aliphatic carbocycles. The SMILES string of the molecule is CN(Cc1cnn(C)c1)Cc1ccc2n(c1=O)C[C@H]1C[C@@H]2CN(Cc2ccco2)C1. The van der Waals surface area contributed by atoms with Crippen molar-refractivity contribution >= 4 is 0 Å². The molecule has 2 aliphatic rings. The topological polar surface area (TPSA) is 59.4 Å². The van der Waals surface area contributed by atoms with E-state index >= 15 is 0 Å². The molecule has 1 saturated heterocycles. The smallest absolute Gasteiger partial charge is 0.255 e. The molecule has 0 unspecified atom stereocenters. The average molecular weight is 408 g/mol. The number of likely N-dealkylation sites (tertiary alicyclic amines) is 1. The minimum absolute atomic E-state index is 0.180. The number of piperidine rings is 1. The Balaban J connectivity index is 1.31. The van der Waals surface area contributed by atoms with Gasteiger partial charge in [0.05, 0.1) is 19.0 Å². The lowest BCUT2D eigenvalue weighted by Crippen LogP contribution is -2.47. The third kappa shape index (κ3) is 3.87. The fourth-order valence-corrected chi connectivity index (χ4v) is 5.17. The summed E-state index contributed by atoms with van der Waals surface area (Å²) < 4.78 is 9.40. The van der Waals surface area contributed by atoms with E-state index in [0.29, 0.717) is 18.4 Å². The lowest BCUT2D eigenvalue weighted by molar-refractivity contribution is 0.107. The third-order valence-corrected chi connectivity index (χ3v) is 6.37. The van der Waals surface area contributed by atoms with Gasteiger partial charge in [0, 0.05) is 68.7 Å². The Morgan fingerprint density at radius 1 is 1.20 bits per heavy atom. The number of hydrogen-bond donors (Lipinski definition) is 0. The number of aryl methyl sites for hydroxylation is 1. The number of nitrogens with zero attached hydrogens (tertiary/aromatic N) is 5. The second kappa shape index (κ2) is 7.89. The summed E-state index contributed by atoms with van der Waals surface area (Å²) in [5.41, 5.74) is 3.40. The largest absolute Gasteiger partial charge is 0.468 e. The van der Waals surface area contributed by atoms with Gasteiger partial charge in [-0.3, -0.25) is 19.3 Å². The van der Waals surface area contributed by atoms with Crippen LogP contribution in [0.2, 0.25) is 0 Å². The molecule has 2 bridgehead atoms. The Hall–Kier alpha value is -2.64. The van der Waals surface area contributed by atoms with Crippen LogP contribution in [-0.4, -0.2) is 44.3 Å². The summed E-state index contributed by atoms with van der Waals surface area (Å²) in [6, 6.07) is 8.21. The molecule has 0 radical (unpaired) electrons. The Morgan fingerprint density at radius 3 is 2.87 bits per heavy atom. The molecule has 3 aromatic rings. The minimum atomic E-state index is 0.180. The molecule has 0 spiro atoms. The Labute approximate surface area is 176 Å². The van der Waals surface area contributed by atoms with Crippen LogP contribution in [0.15, 0.2) is 52.1 Å². The van der Waals surface area contributed by atoms with Crippen LogP contribution in [-0.2, 0) is 33.2 Å². The van der Waals surface area contributed by atoms with Gasteiger partial charge >= 0.3 is 0 Å². The lowest BCUT2D eigenvalue weighted by Gasteiger charge is -2.42. The fraction of sp³-hybridized carbons (Fsp3) is 0.478. The zero-order chi connectivity index (χ0) is 20.7. The van der Waals surface area contributed by atoms with Crippen LogP contribution in [0, 0.1) is 5.92 Å². The van der Waals surface area contributed by atoms with E-state index in [-0.39, 0.29) is 5.56 Å². The molecule has 0 aromatic carbocycles. The fourth-order valence-electron chi connectivity index (χ4n) is 5.17. The van der Waals surface area contributed by atoms with Gasteiger partial charge in [-0.2, -0.15) is 5.10 Å². The maximum Gasteiger partial charge on any atom is 0.255 e. The normalized spacial score (nSPS) is 21.2. The summed E-state index contributed by atoms with van der Waals surface area (Å²) in [4.78, 5) is 17.9. The van der Waals surface area contributed by atoms with Crippen LogP contribution in [0.25, 0.3) is 0 Å². The highest BCUT2D eigenvalue weighted by molar-refractivity contribution is 5.22. The van der Waals surface area contributed by atoms with Crippen molar-refractivity contribution in [3.8, 4) is 0 Å². The van der Waals surface area contributed by atoms with Gasteiger partial charge in [-0.05, 0) is 37.6 Å². The molecule has 3 aromatic heterocycles. The van der Waals surface area contributed by atoms with Crippen molar-refractivity contribution < 1.29 is 4.42 Å². The van der Waals surface area contributed by atoms with Crippen LogP contribution in [0.4, 0.5) is 0 Å². The molecular formula is C23H29N5O2. The molecule has 0 saturated carbocycles. The predicted molar refractivity (Wildman–Crippen MR) is 114 cm³/mol. The molecule has 30 heavy (non-hydrogen) atoms. The quantitative estimate of drug-likeness (QED) is 0.628. The monoisotopic (exact) mass is 407 g/mol. The van der Waals surface area contributed by atoms with Gasteiger partial charge in [-0.1, -0.05) is 6.07 Å². The van der Waals surface area contributed by atoms with E-state index in [1.165, 1.54) is 12.1 Å². The van der Waals surface area contributed by atoms with Crippen LogP contribution >= 0.6 is 0 Å². The number of aromatic nitrogens is 3. The van der Waals surface area contributed by atoms with E-state index in [9.17, 15) is 4.79 Å². The second-order valence-corrected chi connectivity index (χ2v) is 8.97. The first-order chi connectivity index (χ1) is 14.5. The molecule has 7 heteroatoms. The average Bonchev–Trinajstić information content (AvgIpc) is 3.36. The van der Waals surface area contributed by atoms with Gasteiger partial charge in [-0.15, -0.1) is 0 Å². The zero-order valence-electron chi connectivity index (χ0n) is 17.7. The van der Waals surface area contributed by atoms with Crippen molar-refractivity contribution in [1.82, 2.24) is 24.1 Å². The van der Waals surface area contributed by atoms with E-state index in [2.05, 4.69) is 32.6 Å². The molecule has 2 atom stereocenters. The maximum atomic E-state index is 13.3. The highest BCUT2D eigenvalue weighted by atomic mass is 16.3. The van der Waals surface area contributed by atoms with Crippen molar-refractivity contribution in [2.45, 2.75) is 38.5 Å². The van der Waals surface area contributed by atoms with Gasteiger partial charge < -0.3 is 8.98 Å². The van der Waals surface area contributed by atoms with E-state index in [4.69, 9.17) is 4.42 Å². The summed E-state index contributed by atoms with van der Waals surface area (Å²) in [5.74, 6) is 1.95. The number of hydrogen-bond acceptors (Lipinski definition) is 5. The predicted octanol–water partition coefficient (Wildman–Crippen LogP) is 2.43. The molecule has 158 valence electrons. The number of furan rings is 1. The lowest BCUT2D eigenvalue weighted by atomic mass is 9.83. The Morgan fingerprint density at radius 2 is 2.10 bits per heavy atom. The first kappa shape index (κ1) is 19.3. The summed E-state index contributed by atoms with van der Waals surface area (Å²) in [6.45, 7) is 5.10. The third-order valence-electron chi connectivity index (χ3n) is 6.37. The van der Waals surface area contributed by atoms with Gasteiger partial charge in [0.2, 0.25) is 0 Å². The van der Waals surface area contributed by atoms with Crippen molar-refractivity contribution in [3.63, 3.8) is 0 Å². The van der Waals surface area contributed by atoms with Crippen molar-refractivity contribution in [2.75, 3.05) is 20.1 Å². The van der Waals surface area contributed by atoms with E-state index in [0.717, 1.165) is 49.6 Å². The van der Waals surface area contributed by atoms with E-state index in [1.54, 1.807) is 6.26 Å². The standard InChI is InChI=1S/C23H29N5O2/c1-25(10-18-9-24-26(2)11-18)14-19-5-6-22-20-8-17(13-28(22)23(19)29)12-27(15-20)16-21-4-3-7-30-21/h3-7,9,11,17,20H,8,10,12-16H2,1-2H3/t17-,20+/m0/s1. The molecule has 2 aliphatic heterocycles. The number of fused-ring (bicyclic) bond motifs is 4. The molecule has 5 heterocycles. The first-order valence-electron chi connectivity index (χ1n) is 10.7. The van der Waals surface area contributed by atoms with E-state index in [1.807, 2.05) is 42.3 Å². The Kier molecular flexibility index (Phi) is 5.08. The summed E-state index contributed by atoms with van der Waals surface area (Å²) in [5, 5.41) is 4.23. The van der Waals surface area contributed by atoms with E-state index < -0.39 is 0 Å². The van der Waals surface area contributed by atoms with Gasteiger partial charge in [0.25, 0.3) is 5.56 Å². The van der Waals surface area contributed by atoms with Crippen LogP contribution in [0.5, 0.6) is 0 Å². The molecular weight excluding hydrogens is 378 g/mol. The van der Waals surface area contributed by atoms with Gasteiger partial charge in [0.1, 0.15) is 5.76 Å². The number of pyridine rings is 1.